The van der Waals surface area contributed by atoms with E-state index in [1.165, 1.54) is 6.20 Å². The maximum Gasteiger partial charge on any atom is 0.233 e. The minimum Gasteiger partial charge on any atom is -0.392 e. The molecular weight excluding hydrogens is 228 g/mol. The van der Waals surface area contributed by atoms with Crippen molar-refractivity contribution in [3.05, 3.63) is 23.9 Å². The summed E-state index contributed by atoms with van der Waals surface area (Å²) in [7, 11) is -3.35. The fraction of sp³-hybridized carbons (Fsp3) is 0.500. The molecule has 16 heavy (non-hydrogen) atoms. The molecule has 0 aliphatic rings. The second-order valence-corrected chi connectivity index (χ2v) is 5.29. The SMILES string of the molecule is CCCCS(=O)(=O)Nc1ncccc1CO. The molecular formula is C10H16N2O3S. The van der Waals surface area contributed by atoms with Crippen LogP contribution in [0.1, 0.15) is 25.3 Å². The van der Waals surface area contributed by atoms with Crippen LogP contribution < -0.4 is 4.72 Å². The number of aromatic nitrogens is 1. The molecule has 6 heteroatoms. The van der Waals surface area contributed by atoms with Crippen molar-refractivity contribution < 1.29 is 13.5 Å². The topological polar surface area (TPSA) is 79.3 Å². The van der Waals surface area contributed by atoms with Crippen LogP contribution in [0.3, 0.4) is 0 Å². The third kappa shape index (κ3) is 3.79. The minimum atomic E-state index is -3.35. The molecule has 0 saturated carbocycles. The van der Waals surface area contributed by atoms with Gasteiger partial charge < -0.3 is 5.11 Å². The average molecular weight is 244 g/mol. The second kappa shape index (κ2) is 5.81. The molecule has 0 unspecified atom stereocenters. The van der Waals surface area contributed by atoms with Crippen molar-refractivity contribution in [2.45, 2.75) is 26.4 Å². The number of unbranched alkanes of at least 4 members (excludes halogenated alkanes) is 1. The lowest BCUT2D eigenvalue weighted by atomic mass is 10.3. The molecule has 2 N–H and O–H groups in total. The van der Waals surface area contributed by atoms with E-state index in [-0.39, 0.29) is 18.2 Å². The third-order valence-electron chi connectivity index (χ3n) is 2.08. The summed E-state index contributed by atoms with van der Waals surface area (Å²) in [4.78, 5) is 3.89. The molecule has 1 heterocycles. The predicted molar refractivity (Wildman–Crippen MR) is 62.5 cm³/mol. The summed E-state index contributed by atoms with van der Waals surface area (Å²) in [6, 6.07) is 3.28. The van der Waals surface area contributed by atoms with Crippen LogP contribution in [0.5, 0.6) is 0 Å². The first-order valence-corrected chi connectivity index (χ1v) is 6.79. The highest BCUT2D eigenvalue weighted by Gasteiger charge is 2.12. The van der Waals surface area contributed by atoms with Crippen LogP contribution in [0.15, 0.2) is 18.3 Å². The van der Waals surface area contributed by atoms with Gasteiger partial charge in [0.15, 0.2) is 0 Å². The van der Waals surface area contributed by atoms with Crippen LogP contribution in [-0.4, -0.2) is 24.3 Å². The van der Waals surface area contributed by atoms with Crippen molar-refractivity contribution in [2.24, 2.45) is 0 Å². The van der Waals surface area contributed by atoms with Crippen molar-refractivity contribution >= 4 is 15.8 Å². The Labute approximate surface area is 95.6 Å². The molecule has 0 radical (unpaired) electrons. The molecule has 0 aliphatic carbocycles. The smallest absolute Gasteiger partial charge is 0.233 e. The van der Waals surface area contributed by atoms with Crippen LogP contribution >= 0.6 is 0 Å². The van der Waals surface area contributed by atoms with Gasteiger partial charge in [-0.25, -0.2) is 13.4 Å². The Bertz CT molecular complexity index is 431. The predicted octanol–water partition coefficient (Wildman–Crippen LogP) is 1.12. The second-order valence-electron chi connectivity index (χ2n) is 3.44. The molecule has 5 nitrogen and oxygen atoms in total. The van der Waals surface area contributed by atoms with E-state index < -0.39 is 10.0 Å². The Balaban J connectivity index is 2.79. The Morgan fingerprint density at radius 2 is 2.25 bits per heavy atom. The maximum absolute atomic E-state index is 11.6. The Morgan fingerprint density at radius 1 is 1.50 bits per heavy atom. The molecule has 0 atom stereocenters. The van der Waals surface area contributed by atoms with Crippen LogP contribution in [0.25, 0.3) is 0 Å². The van der Waals surface area contributed by atoms with E-state index in [1.54, 1.807) is 12.1 Å². The molecule has 0 aliphatic heterocycles. The number of anilines is 1. The molecule has 0 bridgehead atoms. The Hall–Kier alpha value is -1.14. The monoisotopic (exact) mass is 244 g/mol. The molecule has 0 spiro atoms. The van der Waals surface area contributed by atoms with Crippen LogP contribution in [-0.2, 0) is 16.6 Å². The number of hydrogen-bond acceptors (Lipinski definition) is 4. The number of aliphatic hydroxyl groups excluding tert-OH is 1. The van der Waals surface area contributed by atoms with Crippen molar-refractivity contribution in [1.29, 1.82) is 0 Å². The molecule has 0 fully saturated rings. The van der Waals surface area contributed by atoms with E-state index in [0.717, 1.165) is 6.42 Å². The summed E-state index contributed by atoms with van der Waals surface area (Å²) in [5, 5.41) is 9.02. The van der Waals surface area contributed by atoms with Crippen LogP contribution in [0, 0.1) is 0 Å². The molecule has 90 valence electrons. The summed E-state index contributed by atoms with van der Waals surface area (Å²) in [5.41, 5.74) is 0.475. The lowest BCUT2D eigenvalue weighted by Crippen LogP contribution is -2.18. The van der Waals surface area contributed by atoms with Crippen molar-refractivity contribution in [1.82, 2.24) is 4.98 Å². The van der Waals surface area contributed by atoms with Gasteiger partial charge in [-0.2, -0.15) is 0 Å². The van der Waals surface area contributed by atoms with Gasteiger partial charge in [0.2, 0.25) is 10.0 Å². The van der Waals surface area contributed by atoms with Gasteiger partial charge in [-0.1, -0.05) is 19.4 Å². The first-order valence-electron chi connectivity index (χ1n) is 5.14. The van der Waals surface area contributed by atoms with E-state index in [9.17, 15) is 8.42 Å². The quantitative estimate of drug-likeness (QED) is 0.785. The Morgan fingerprint density at radius 3 is 2.88 bits per heavy atom. The van der Waals surface area contributed by atoms with Gasteiger partial charge in [0.05, 0.1) is 12.4 Å². The summed E-state index contributed by atoms with van der Waals surface area (Å²) in [6.45, 7) is 1.69. The first kappa shape index (κ1) is 12.9. The molecule has 1 aromatic heterocycles. The van der Waals surface area contributed by atoms with Gasteiger partial charge >= 0.3 is 0 Å². The summed E-state index contributed by atoms with van der Waals surface area (Å²) >= 11 is 0. The summed E-state index contributed by atoms with van der Waals surface area (Å²) in [6.07, 6.45) is 2.91. The standard InChI is InChI=1S/C10H16N2O3S/c1-2-3-7-16(14,15)12-10-9(8-13)5-4-6-11-10/h4-6,13H,2-3,7-8H2,1H3,(H,11,12). The normalized spacial score (nSPS) is 11.4. The third-order valence-corrected chi connectivity index (χ3v) is 3.41. The Kier molecular flexibility index (Phi) is 4.70. The van der Waals surface area contributed by atoms with Crippen LogP contribution in [0.4, 0.5) is 5.82 Å². The number of pyridine rings is 1. The number of aliphatic hydroxyl groups is 1. The highest BCUT2D eigenvalue weighted by molar-refractivity contribution is 7.92. The lowest BCUT2D eigenvalue weighted by Gasteiger charge is -2.09. The minimum absolute atomic E-state index is 0.0743. The van der Waals surface area contributed by atoms with Gasteiger partial charge in [-0.05, 0) is 12.5 Å². The van der Waals surface area contributed by atoms with Crippen molar-refractivity contribution in [3.63, 3.8) is 0 Å². The van der Waals surface area contributed by atoms with E-state index in [0.29, 0.717) is 12.0 Å². The lowest BCUT2D eigenvalue weighted by molar-refractivity contribution is 0.282. The number of nitrogens with one attached hydrogen (secondary N) is 1. The van der Waals surface area contributed by atoms with Crippen molar-refractivity contribution in [3.8, 4) is 0 Å². The van der Waals surface area contributed by atoms with Gasteiger partial charge in [0.1, 0.15) is 5.82 Å². The van der Waals surface area contributed by atoms with Gasteiger partial charge in [0, 0.05) is 11.8 Å². The largest absolute Gasteiger partial charge is 0.392 e. The summed E-state index contributed by atoms with van der Waals surface area (Å²) in [5.74, 6) is 0.284. The number of hydrogen-bond donors (Lipinski definition) is 2. The van der Waals surface area contributed by atoms with Gasteiger partial charge in [0.25, 0.3) is 0 Å². The van der Waals surface area contributed by atoms with E-state index in [4.69, 9.17) is 5.11 Å². The zero-order valence-electron chi connectivity index (χ0n) is 9.18. The number of sulfonamides is 1. The van der Waals surface area contributed by atoms with Gasteiger partial charge in [-0.3, -0.25) is 4.72 Å². The maximum atomic E-state index is 11.6. The number of nitrogens with zero attached hydrogens (tertiary/aromatic N) is 1. The fourth-order valence-electron chi connectivity index (χ4n) is 1.19. The van der Waals surface area contributed by atoms with Gasteiger partial charge in [-0.15, -0.1) is 0 Å². The first-order chi connectivity index (χ1) is 7.59. The zero-order chi connectivity index (χ0) is 12.0. The molecule has 1 rings (SSSR count). The zero-order valence-corrected chi connectivity index (χ0v) is 10.00. The average Bonchev–Trinajstić information content (AvgIpc) is 2.27. The summed E-state index contributed by atoms with van der Waals surface area (Å²) < 4.78 is 25.6. The molecule has 0 aromatic carbocycles. The number of rotatable bonds is 6. The highest BCUT2D eigenvalue weighted by Crippen LogP contribution is 2.13. The van der Waals surface area contributed by atoms with E-state index in [1.807, 2.05) is 6.92 Å². The molecule has 0 amide bonds. The highest BCUT2D eigenvalue weighted by atomic mass is 32.2. The van der Waals surface area contributed by atoms with E-state index >= 15 is 0 Å². The molecule has 0 saturated heterocycles. The van der Waals surface area contributed by atoms with Crippen LogP contribution in [0.2, 0.25) is 0 Å². The molecule has 1 aromatic rings. The van der Waals surface area contributed by atoms with E-state index in [2.05, 4.69) is 9.71 Å². The van der Waals surface area contributed by atoms with Crippen molar-refractivity contribution in [2.75, 3.05) is 10.5 Å². The fourth-order valence-corrected chi connectivity index (χ4v) is 2.44.